The maximum Gasteiger partial charge on any atom is 0.251 e. The van der Waals surface area contributed by atoms with Gasteiger partial charge in [-0.05, 0) is 44.0 Å². The Bertz CT molecular complexity index is 486. The molecule has 0 aliphatic rings. The normalized spacial score (nSPS) is 10.2. The standard InChI is InChI=1S/C16H24N2O3/c1-4-20-9-5-8-18-16(19)13-6-7-14(17)15(10-13)21-11-12(2)3/h6-7,10H,2,4-5,8-9,11,17H2,1,3H3,(H,18,19). The maximum atomic E-state index is 12.0. The molecule has 0 unspecified atom stereocenters. The summed E-state index contributed by atoms with van der Waals surface area (Å²) in [6.07, 6.45) is 0.785. The number of nitrogen functional groups attached to an aromatic ring is 1. The van der Waals surface area contributed by atoms with Crippen molar-refractivity contribution >= 4 is 11.6 Å². The van der Waals surface area contributed by atoms with E-state index in [1.54, 1.807) is 18.2 Å². The highest BCUT2D eigenvalue weighted by molar-refractivity contribution is 5.95. The first-order chi connectivity index (χ1) is 10.0. The van der Waals surface area contributed by atoms with Crippen LogP contribution in [0.15, 0.2) is 30.4 Å². The van der Waals surface area contributed by atoms with E-state index in [1.165, 1.54) is 0 Å². The molecule has 5 nitrogen and oxygen atoms in total. The van der Waals surface area contributed by atoms with E-state index in [9.17, 15) is 4.79 Å². The van der Waals surface area contributed by atoms with Crippen molar-refractivity contribution in [3.05, 3.63) is 35.9 Å². The summed E-state index contributed by atoms with van der Waals surface area (Å²) >= 11 is 0. The van der Waals surface area contributed by atoms with E-state index >= 15 is 0 Å². The summed E-state index contributed by atoms with van der Waals surface area (Å²) in [6.45, 7) is 9.86. The van der Waals surface area contributed by atoms with Gasteiger partial charge in [0.05, 0.1) is 5.69 Å². The monoisotopic (exact) mass is 292 g/mol. The maximum absolute atomic E-state index is 12.0. The lowest BCUT2D eigenvalue weighted by Crippen LogP contribution is -2.25. The van der Waals surface area contributed by atoms with Gasteiger partial charge in [0.15, 0.2) is 0 Å². The van der Waals surface area contributed by atoms with Gasteiger partial charge in [-0.3, -0.25) is 4.79 Å². The lowest BCUT2D eigenvalue weighted by atomic mass is 10.1. The van der Waals surface area contributed by atoms with Crippen molar-refractivity contribution < 1.29 is 14.3 Å². The molecule has 0 saturated carbocycles. The van der Waals surface area contributed by atoms with Crippen LogP contribution >= 0.6 is 0 Å². The average molecular weight is 292 g/mol. The van der Waals surface area contributed by atoms with Crippen LogP contribution in [-0.4, -0.2) is 32.3 Å². The van der Waals surface area contributed by atoms with Gasteiger partial charge >= 0.3 is 0 Å². The SMILES string of the molecule is C=C(C)COc1cc(C(=O)NCCCOCC)ccc1N. The number of anilines is 1. The van der Waals surface area contributed by atoms with Gasteiger partial charge in [0.2, 0.25) is 0 Å². The van der Waals surface area contributed by atoms with Crippen LogP contribution in [0.3, 0.4) is 0 Å². The van der Waals surface area contributed by atoms with Crippen LogP contribution in [0.25, 0.3) is 0 Å². The van der Waals surface area contributed by atoms with Crippen molar-refractivity contribution in [2.45, 2.75) is 20.3 Å². The fraction of sp³-hybridized carbons (Fsp3) is 0.438. The van der Waals surface area contributed by atoms with Gasteiger partial charge in [0.1, 0.15) is 12.4 Å². The molecule has 1 rings (SSSR count). The molecule has 21 heavy (non-hydrogen) atoms. The molecule has 0 atom stereocenters. The summed E-state index contributed by atoms with van der Waals surface area (Å²) in [7, 11) is 0. The Morgan fingerprint density at radius 1 is 1.43 bits per heavy atom. The van der Waals surface area contributed by atoms with E-state index in [4.69, 9.17) is 15.2 Å². The first kappa shape index (κ1) is 17.0. The molecule has 3 N–H and O–H groups in total. The Morgan fingerprint density at radius 2 is 2.19 bits per heavy atom. The lowest BCUT2D eigenvalue weighted by Gasteiger charge is -2.11. The largest absolute Gasteiger partial charge is 0.487 e. The van der Waals surface area contributed by atoms with Gasteiger partial charge in [-0.2, -0.15) is 0 Å². The third-order valence-corrected chi connectivity index (χ3v) is 2.70. The fourth-order valence-electron chi connectivity index (χ4n) is 1.62. The predicted molar refractivity (Wildman–Crippen MR) is 84.6 cm³/mol. The van der Waals surface area contributed by atoms with Gasteiger partial charge in [-0.1, -0.05) is 6.58 Å². The second kappa shape index (κ2) is 9.02. The van der Waals surface area contributed by atoms with E-state index in [1.807, 2.05) is 13.8 Å². The molecular weight excluding hydrogens is 268 g/mol. The molecule has 1 aromatic rings. The third-order valence-electron chi connectivity index (χ3n) is 2.70. The van der Waals surface area contributed by atoms with Gasteiger partial charge in [0, 0.05) is 25.3 Å². The van der Waals surface area contributed by atoms with Gasteiger partial charge in [0.25, 0.3) is 5.91 Å². The zero-order valence-electron chi connectivity index (χ0n) is 12.8. The fourth-order valence-corrected chi connectivity index (χ4v) is 1.62. The number of rotatable bonds is 9. The molecule has 0 aliphatic heterocycles. The van der Waals surface area contributed by atoms with Crippen molar-refractivity contribution in [1.82, 2.24) is 5.32 Å². The number of hydrogen-bond donors (Lipinski definition) is 2. The zero-order valence-corrected chi connectivity index (χ0v) is 12.8. The van der Waals surface area contributed by atoms with Crippen LogP contribution in [-0.2, 0) is 4.74 Å². The molecule has 0 aromatic heterocycles. The van der Waals surface area contributed by atoms with Crippen LogP contribution < -0.4 is 15.8 Å². The molecule has 5 heteroatoms. The van der Waals surface area contributed by atoms with Crippen molar-refractivity contribution in [3.8, 4) is 5.75 Å². The van der Waals surface area contributed by atoms with E-state index in [-0.39, 0.29) is 5.91 Å². The van der Waals surface area contributed by atoms with Crippen LogP contribution in [0, 0.1) is 0 Å². The van der Waals surface area contributed by atoms with Gasteiger partial charge < -0.3 is 20.5 Å². The molecular formula is C16H24N2O3. The summed E-state index contributed by atoms with van der Waals surface area (Å²) < 4.78 is 10.7. The van der Waals surface area contributed by atoms with E-state index in [0.29, 0.717) is 43.4 Å². The van der Waals surface area contributed by atoms with E-state index in [2.05, 4.69) is 11.9 Å². The Balaban J connectivity index is 2.55. The van der Waals surface area contributed by atoms with Crippen LogP contribution in [0.1, 0.15) is 30.6 Å². The molecule has 0 spiro atoms. The number of carbonyl (C=O) groups is 1. The molecule has 0 bridgehead atoms. The summed E-state index contributed by atoms with van der Waals surface area (Å²) in [5.41, 5.74) is 7.75. The molecule has 0 radical (unpaired) electrons. The van der Waals surface area contributed by atoms with Crippen LogP contribution in [0.2, 0.25) is 0 Å². The minimum atomic E-state index is -0.147. The molecule has 116 valence electrons. The second-order valence-corrected chi connectivity index (χ2v) is 4.80. The molecule has 0 heterocycles. The number of nitrogens with one attached hydrogen (secondary N) is 1. The minimum Gasteiger partial charge on any atom is -0.487 e. The molecule has 0 saturated heterocycles. The highest BCUT2D eigenvalue weighted by atomic mass is 16.5. The first-order valence-electron chi connectivity index (χ1n) is 7.07. The lowest BCUT2D eigenvalue weighted by molar-refractivity contribution is 0.0944. The summed E-state index contributed by atoms with van der Waals surface area (Å²) in [6, 6.07) is 5.00. The number of amides is 1. The molecule has 0 aliphatic carbocycles. The van der Waals surface area contributed by atoms with Crippen LogP contribution in [0.5, 0.6) is 5.75 Å². The number of hydrogen-bond acceptors (Lipinski definition) is 4. The molecule has 1 aromatic carbocycles. The topological polar surface area (TPSA) is 73.6 Å². The predicted octanol–water partition coefficient (Wildman–Crippen LogP) is 2.38. The quantitative estimate of drug-likeness (QED) is 0.416. The zero-order chi connectivity index (χ0) is 15.7. The van der Waals surface area contributed by atoms with E-state index < -0.39 is 0 Å². The number of ether oxygens (including phenoxy) is 2. The third kappa shape index (κ3) is 6.31. The summed E-state index contributed by atoms with van der Waals surface area (Å²) in [4.78, 5) is 12.0. The molecule has 0 fully saturated rings. The highest BCUT2D eigenvalue weighted by Gasteiger charge is 2.09. The number of benzene rings is 1. The van der Waals surface area contributed by atoms with E-state index in [0.717, 1.165) is 12.0 Å². The van der Waals surface area contributed by atoms with Crippen LogP contribution in [0.4, 0.5) is 5.69 Å². The summed E-state index contributed by atoms with van der Waals surface area (Å²) in [5, 5.41) is 2.84. The number of nitrogens with two attached hydrogens (primary N) is 1. The van der Waals surface area contributed by atoms with Crippen molar-refractivity contribution in [2.75, 3.05) is 32.1 Å². The number of carbonyl (C=O) groups excluding carboxylic acids is 1. The minimum absolute atomic E-state index is 0.147. The first-order valence-corrected chi connectivity index (χ1v) is 7.07. The Kier molecular flexibility index (Phi) is 7.32. The second-order valence-electron chi connectivity index (χ2n) is 4.80. The van der Waals surface area contributed by atoms with Crippen molar-refractivity contribution in [3.63, 3.8) is 0 Å². The Labute approximate surface area is 126 Å². The van der Waals surface area contributed by atoms with Gasteiger partial charge in [-0.15, -0.1) is 0 Å². The average Bonchev–Trinajstić information content (AvgIpc) is 2.45. The smallest absolute Gasteiger partial charge is 0.251 e. The molecule has 1 amide bonds. The van der Waals surface area contributed by atoms with Crippen molar-refractivity contribution in [1.29, 1.82) is 0 Å². The Morgan fingerprint density at radius 3 is 2.86 bits per heavy atom. The summed E-state index contributed by atoms with van der Waals surface area (Å²) in [5.74, 6) is 0.353. The Hall–Kier alpha value is -2.01. The van der Waals surface area contributed by atoms with Crippen molar-refractivity contribution in [2.24, 2.45) is 0 Å². The van der Waals surface area contributed by atoms with Gasteiger partial charge in [-0.25, -0.2) is 0 Å². The highest BCUT2D eigenvalue weighted by Crippen LogP contribution is 2.23.